The van der Waals surface area contributed by atoms with E-state index >= 15 is 0 Å². The lowest BCUT2D eigenvalue weighted by Crippen LogP contribution is -2.48. The van der Waals surface area contributed by atoms with Crippen molar-refractivity contribution in [3.63, 3.8) is 0 Å². The molecule has 1 saturated carbocycles. The lowest BCUT2D eigenvalue weighted by molar-refractivity contribution is -0.131. The highest BCUT2D eigenvalue weighted by molar-refractivity contribution is 5.76. The van der Waals surface area contributed by atoms with Crippen LogP contribution in [-0.4, -0.2) is 36.5 Å². The van der Waals surface area contributed by atoms with E-state index in [9.17, 15) is 4.79 Å². The Bertz CT molecular complexity index is 299. The summed E-state index contributed by atoms with van der Waals surface area (Å²) in [5.74, 6) is 1.86. The summed E-state index contributed by atoms with van der Waals surface area (Å²) in [4.78, 5) is 14.4. The highest BCUT2D eigenvalue weighted by Crippen LogP contribution is 2.27. The molecule has 1 aliphatic carbocycles. The number of hydrogen-bond donors (Lipinski definition) is 1. The van der Waals surface area contributed by atoms with E-state index in [2.05, 4.69) is 24.1 Å². The summed E-state index contributed by atoms with van der Waals surface area (Å²) in [5.41, 5.74) is 0. The van der Waals surface area contributed by atoms with Gasteiger partial charge in [-0.3, -0.25) is 4.79 Å². The molecule has 1 N–H and O–H groups in total. The third kappa shape index (κ3) is 4.47. The monoisotopic (exact) mass is 280 g/mol. The minimum atomic E-state index is 0.382. The molecule has 0 spiro atoms. The third-order valence-corrected chi connectivity index (χ3v) is 5.20. The fourth-order valence-electron chi connectivity index (χ4n) is 3.78. The second kappa shape index (κ2) is 8.02. The van der Waals surface area contributed by atoms with Gasteiger partial charge in [-0.15, -0.1) is 0 Å². The molecule has 2 rings (SSSR count). The van der Waals surface area contributed by atoms with E-state index in [1.54, 1.807) is 0 Å². The van der Waals surface area contributed by atoms with Gasteiger partial charge in [-0.1, -0.05) is 33.1 Å². The van der Waals surface area contributed by atoms with Crippen LogP contribution < -0.4 is 5.32 Å². The summed E-state index contributed by atoms with van der Waals surface area (Å²) >= 11 is 0. The topological polar surface area (TPSA) is 32.3 Å². The highest BCUT2D eigenvalue weighted by atomic mass is 16.2. The van der Waals surface area contributed by atoms with Crippen molar-refractivity contribution < 1.29 is 4.79 Å². The van der Waals surface area contributed by atoms with Gasteiger partial charge in [0.1, 0.15) is 0 Å². The normalized spacial score (nSPS) is 27.4. The number of likely N-dealkylation sites (tertiary alicyclic amines) is 1. The lowest BCUT2D eigenvalue weighted by atomic mass is 9.83. The number of likely N-dealkylation sites (N-methyl/N-ethyl adjacent to an activating group) is 1. The summed E-state index contributed by atoms with van der Waals surface area (Å²) in [6, 6.07) is 0.512. The van der Waals surface area contributed by atoms with Crippen molar-refractivity contribution in [3.05, 3.63) is 0 Å². The molecule has 0 bridgehead atoms. The quantitative estimate of drug-likeness (QED) is 0.839. The molecule has 0 aromatic heterocycles. The van der Waals surface area contributed by atoms with Gasteiger partial charge in [0, 0.05) is 25.6 Å². The van der Waals surface area contributed by atoms with Crippen molar-refractivity contribution in [2.75, 3.05) is 19.6 Å². The molecule has 2 unspecified atom stereocenters. The van der Waals surface area contributed by atoms with E-state index in [-0.39, 0.29) is 0 Å². The maximum Gasteiger partial charge on any atom is 0.222 e. The standard InChI is InChI=1S/C17H32N2O/c1-3-18-16(15-7-5-4-6-8-15)13-19-12-11-14(2)9-10-17(19)20/h14-16,18H,3-13H2,1-2H3. The molecule has 1 amide bonds. The van der Waals surface area contributed by atoms with Gasteiger partial charge in [0.25, 0.3) is 0 Å². The maximum atomic E-state index is 12.3. The molecular formula is C17H32N2O. The molecule has 3 heteroatoms. The number of carbonyl (C=O) groups is 1. The third-order valence-electron chi connectivity index (χ3n) is 5.20. The molecule has 3 nitrogen and oxygen atoms in total. The fourth-order valence-corrected chi connectivity index (χ4v) is 3.78. The van der Waals surface area contributed by atoms with Crippen LogP contribution in [0.3, 0.4) is 0 Å². The molecule has 116 valence electrons. The van der Waals surface area contributed by atoms with Crippen molar-refractivity contribution in [3.8, 4) is 0 Å². The van der Waals surface area contributed by atoms with Gasteiger partial charge in [-0.25, -0.2) is 0 Å². The number of carbonyl (C=O) groups excluding carboxylic acids is 1. The van der Waals surface area contributed by atoms with Gasteiger partial charge in [0.05, 0.1) is 0 Å². The lowest BCUT2D eigenvalue weighted by Gasteiger charge is -2.34. The average Bonchev–Trinajstić information content (AvgIpc) is 2.63. The second-order valence-electron chi connectivity index (χ2n) is 6.83. The molecule has 0 aromatic rings. The fraction of sp³-hybridized carbons (Fsp3) is 0.941. The Balaban J connectivity index is 1.93. The summed E-state index contributed by atoms with van der Waals surface area (Å²) in [5, 5.41) is 3.66. The van der Waals surface area contributed by atoms with Crippen molar-refractivity contribution in [1.29, 1.82) is 0 Å². The van der Waals surface area contributed by atoms with Crippen LogP contribution in [0.1, 0.15) is 65.2 Å². The molecule has 0 aromatic carbocycles. The molecule has 20 heavy (non-hydrogen) atoms. The van der Waals surface area contributed by atoms with Crippen LogP contribution in [0.4, 0.5) is 0 Å². The zero-order valence-electron chi connectivity index (χ0n) is 13.4. The van der Waals surface area contributed by atoms with Gasteiger partial charge >= 0.3 is 0 Å². The average molecular weight is 280 g/mol. The van der Waals surface area contributed by atoms with Crippen LogP contribution in [0.25, 0.3) is 0 Å². The Labute approximate surface area is 124 Å². The number of hydrogen-bond acceptors (Lipinski definition) is 2. The van der Waals surface area contributed by atoms with E-state index < -0.39 is 0 Å². The van der Waals surface area contributed by atoms with Crippen LogP contribution in [0.15, 0.2) is 0 Å². The number of nitrogens with one attached hydrogen (secondary N) is 1. The first-order chi connectivity index (χ1) is 9.70. The molecule has 1 aliphatic heterocycles. The molecule has 2 atom stereocenters. The van der Waals surface area contributed by atoms with Gasteiger partial charge in [-0.2, -0.15) is 0 Å². The Morgan fingerprint density at radius 1 is 1.20 bits per heavy atom. The van der Waals surface area contributed by atoms with Crippen LogP contribution in [-0.2, 0) is 4.79 Å². The zero-order valence-corrected chi connectivity index (χ0v) is 13.4. The zero-order chi connectivity index (χ0) is 14.4. The molecule has 0 radical (unpaired) electrons. The first-order valence-corrected chi connectivity index (χ1v) is 8.72. The van der Waals surface area contributed by atoms with Gasteiger partial charge in [0.2, 0.25) is 5.91 Å². The van der Waals surface area contributed by atoms with Gasteiger partial charge in [0.15, 0.2) is 0 Å². The van der Waals surface area contributed by atoms with Crippen LogP contribution in [0.2, 0.25) is 0 Å². The van der Waals surface area contributed by atoms with Crippen molar-refractivity contribution >= 4 is 5.91 Å². The number of amides is 1. The molecule has 2 aliphatic rings. The van der Waals surface area contributed by atoms with Crippen molar-refractivity contribution in [1.82, 2.24) is 10.2 Å². The maximum absolute atomic E-state index is 12.3. The molecule has 1 heterocycles. The van der Waals surface area contributed by atoms with Crippen LogP contribution in [0.5, 0.6) is 0 Å². The Kier molecular flexibility index (Phi) is 6.34. The summed E-state index contributed by atoms with van der Waals surface area (Å²) < 4.78 is 0. The summed E-state index contributed by atoms with van der Waals surface area (Å²) in [6.45, 7) is 7.38. The predicted molar refractivity (Wildman–Crippen MR) is 83.6 cm³/mol. The van der Waals surface area contributed by atoms with E-state index in [1.165, 1.54) is 38.5 Å². The van der Waals surface area contributed by atoms with Crippen molar-refractivity contribution in [2.45, 2.75) is 71.3 Å². The predicted octanol–water partition coefficient (Wildman–Crippen LogP) is 3.19. The SMILES string of the molecule is CCNC(CN1CCC(C)CCC1=O)C1CCCCC1. The largest absolute Gasteiger partial charge is 0.341 e. The Hall–Kier alpha value is -0.570. The van der Waals surface area contributed by atoms with E-state index in [1.807, 2.05) is 0 Å². The smallest absolute Gasteiger partial charge is 0.222 e. The Morgan fingerprint density at radius 2 is 1.95 bits per heavy atom. The molecule has 1 saturated heterocycles. The van der Waals surface area contributed by atoms with E-state index in [4.69, 9.17) is 0 Å². The first kappa shape index (κ1) is 15.8. The summed E-state index contributed by atoms with van der Waals surface area (Å²) in [6.07, 6.45) is 9.83. The number of rotatable bonds is 5. The van der Waals surface area contributed by atoms with Gasteiger partial charge < -0.3 is 10.2 Å². The van der Waals surface area contributed by atoms with E-state index in [0.29, 0.717) is 17.9 Å². The van der Waals surface area contributed by atoms with Crippen LogP contribution in [0, 0.1) is 11.8 Å². The van der Waals surface area contributed by atoms with Crippen molar-refractivity contribution in [2.24, 2.45) is 11.8 Å². The molecule has 2 fully saturated rings. The van der Waals surface area contributed by atoms with E-state index in [0.717, 1.165) is 38.4 Å². The minimum absolute atomic E-state index is 0.382. The highest BCUT2D eigenvalue weighted by Gasteiger charge is 2.28. The minimum Gasteiger partial charge on any atom is -0.341 e. The first-order valence-electron chi connectivity index (χ1n) is 8.72. The van der Waals surface area contributed by atoms with Crippen LogP contribution >= 0.6 is 0 Å². The molecular weight excluding hydrogens is 248 g/mol. The second-order valence-corrected chi connectivity index (χ2v) is 6.83. The van der Waals surface area contributed by atoms with Gasteiger partial charge in [-0.05, 0) is 44.1 Å². The number of nitrogens with zero attached hydrogens (tertiary/aromatic N) is 1. The summed E-state index contributed by atoms with van der Waals surface area (Å²) in [7, 11) is 0. The Morgan fingerprint density at radius 3 is 2.65 bits per heavy atom.